The standard InChI is InChI=1S/C48H65NO10SSi/c1-34(2)61(35(3)4,36(5)6)59-45-32-49(48(50)51)43(31-38-15-10-9-11-16-38)47(57-29-30-58-60(52,53)42-25-19-37(7)20-26-42)46(45)39-21-23-41(24-22-39)56-28-14-27-55-33-40-17-12-13-18-44(40)54-8/h9-13,15-26,34-36,43,45-47H,14,27-33H2,1-8H3,(H,50,51)/t43?,45-,46+,47+/m1/s1. The number of ether oxygens (including phenoxy) is 4. The van der Waals surface area contributed by atoms with Crippen molar-refractivity contribution in [3.05, 3.63) is 125 Å². The molecule has 0 aromatic heterocycles. The third-order valence-electron chi connectivity index (χ3n) is 11.9. The van der Waals surface area contributed by atoms with Gasteiger partial charge in [-0.05, 0) is 71.4 Å². The maximum atomic E-state index is 13.3. The second-order valence-electron chi connectivity index (χ2n) is 16.8. The topological polar surface area (TPSA) is 130 Å². The zero-order valence-electron chi connectivity index (χ0n) is 37.0. The lowest BCUT2D eigenvalue weighted by Crippen LogP contribution is -2.64. The molecule has 1 fully saturated rings. The van der Waals surface area contributed by atoms with Crippen molar-refractivity contribution in [3.63, 3.8) is 0 Å². The first-order valence-corrected chi connectivity index (χ1v) is 24.9. The molecule has 1 aliphatic heterocycles. The molecule has 1 saturated heterocycles. The Bertz CT molecular complexity index is 2040. The smallest absolute Gasteiger partial charge is 0.407 e. The van der Waals surface area contributed by atoms with Gasteiger partial charge in [0, 0.05) is 17.9 Å². The fourth-order valence-corrected chi connectivity index (χ4v) is 15.5. The second kappa shape index (κ2) is 22.2. The lowest BCUT2D eigenvalue weighted by molar-refractivity contribution is -0.0926. The molecule has 4 atom stereocenters. The van der Waals surface area contributed by atoms with Crippen molar-refractivity contribution >= 4 is 24.5 Å². The number of carbonyl (C=O) groups is 1. The van der Waals surface area contributed by atoms with Crippen molar-refractivity contribution in [2.45, 2.75) is 114 Å². The first kappa shape index (κ1) is 47.8. The van der Waals surface area contributed by atoms with Gasteiger partial charge in [0.2, 0.25) is 8.32 Å². The molecular formula is C48H65NO10SSi. The number of hydrogen-bond acceptors (Lipinski definition) is 9. The van der Waals surface area contributed by atoms with Gasteiger partial charge < -0.3 is 28.5 Å². The van der Waals surface area contributed by atoms with E-state index in [0.29, 0.717) is 38.4 Å². The molecule has 0 saturated carbocycles. The van der Waals surface area contributed by atoms with Crippen LogP contribution in [0.1, 0.15) is 76.1 Å². The van der Waals surface area contributed by atoms with Gasteiger partial charge >= 0.3 is 6.09 Å². The summed E-state index contributed by atoms with van der Waals surface area (Å²) in [4.78, 5) is 14.8. The number of amides is 1. The number of rotatable bonds is 22. The molecule has 4 aromatic carbocycles. The monoisotopic (exact) mass is 875 g/mol. The molecule has 0 radical (unpaired) electrons. The zero-order chi connectivity index (χ0) is 44.2. The Labute approximate surface area is 364 Å². The van der Waals surface area contributed by atoms with Gasteiger partial charge in [-0.3, -0.25) is 9.08 Å². The Kier molecular flexibility index (Phi) is 17.4. The van der Waals surface area contributed by atoms with E-state index >= 15 is 0 Å². The number of nitrogens with zero attached hydrogens (tertiary/aromatic N) is 1. The van der Waals surface area contributed by atoms with Crippen molar-refractivity contribution in [1.82, 2.24) is 4.90 Å². The zero-order valence-corrected chi connectivity index (χ0v) is 38.8. The van der Waals surface area contributed by atoms with Gasteiger partial charge in [0.15, 0.2) is 0 Å². The molecule has 1 N–H and O–H groups in total. The molecule has 0 bridgehead atoms. The maximum Gasteiger partial charge on any atom is 0.407 e. The van der Waals surface area contributed by atoms with E-state index in [2.05, 4.69) is 41.5 Å². The Morgan fingerprint density at radius 3 is 2.07 bits per heavy atom. The highest BCUT2D eigenvalue weighted by atomic mass is 32.2. The maximum absolute atomic E-state index is 13.3. The van der Waals surface area contributed by atoms with E-state index < -0.39 is 48.7 Å². The van der Waals surface area contributed by atoms with Crippen molar-refractivity contribution in [2.24, 2.45) is 0 Å². The van der Waals surface area contributed by atoms with Crippen LogP contribution in [0, 0.1) is 6.92 Å². The minimum atomic E-state index is -4.06. The largest absolute Gasteiger partial charge is 0.496 e. The minimum absolute atomic E-state index is 0.0566. The van der Waals surface area contributed by atoms with Crippen LogP contribution in [-0.4, -0.2) is 91.2 Å². The lowest BCUT2D eigenvalue weighted by atomic mass is 9.78. The van der Waals surface area contributed by atoms with Crippen LogP contribution in [0.25, 0.3) is 0 Å². The number of carboxylic acid groups (broad SMARTS) is 1. The third kappa shape index (κ3) is 12.2. The van der Waals surface area contributed by atoms with E-state index in [-0.39, 0.29) is 41.3 Å². The number of benzene rings is 4. The number of para-hydroxylation sites is 1. The molecule has 13 heteroatoms. The minimum Gasteiger partial charge on any atom is -0.496 e. The lowest BCUT2D eigenvalue weighted by Gasteiger charge is -2.53. The van der Waals surface area contributed by atoms with Crippen molar-refractivity contribution in [2.75, 3.05) is 40.1 Å². The molecule has 1 amide bonds. The van der Waals surface area contributed by atoms with Crippen LogP contribution in [0.15, 0.2) is 108 Å². The van der Waals surface area contributed by atoms with Gasteiger partial charge in [-0.1, -0.05) is 120 Å². The molecule has 1 unspecified atom stereocenters. The van der Waals surface area contributed by atoms with Crippen molar-refractivity contribution < 1.29 is 45.9 Å². The molecular weight excluding hydrogens is 811 g/mol. The average Bonchev–Trinajstić information content (AvgIpc) is 3.23. The van der Waals surface area contributed by atoms with Gasteiger partial charge in [0.25, 0.3) is 10.1 Å². The quantitative estimate of drug-likeness (QED) is 0.0463. The van der Waals surface area contributed by atoms with Crippen LogP contribution in [-0.2, 0) is 41.2 Å². The summed E-state index contributed by atoms with van der Waals surface area (Å²) in [6.45, 7) is 16.4. The Morgan fingerprint density at radius 2 is 1.44 bits per heavy atom. The fraction of sp³-hybridized carbons (Fsp3) is 0.479. The van der Waals surface area contributed by atoms with Crippen LogP contribution in [0.4, 0.5) is 4.79 Å². The summed E-state index contributed by atoms with van der Waals surface area (Å²) in [5.41, 5.74) is 4.50. The van der Waals surface area contributed by atoms with Gasteiger partial charge in [-0.15, -0.1) is 0 Å². The summed E-state index contributed by atoms with van der Waals surface area (Å²) >= 11 is 0. The van der Waals surface area contributed by atoms with Gasteiger partial charge in [0.1, 0.15) is 11.5 Å². The van der Waals surface area contributed by atoms with Crippen LogP contribution >= 0.6 is 0 Å². The third-order valence-corrected chi connectivity index (χ3v) is 19.3. The number of piperidine rings is 1. The molecule has 4 aromatic rings. The van der Waals surface area contributed by atoms with E-state index in [4.69, 9.17) is 27.6 Å². The average molecular weight is 876 g/mol. The molecule has 11 nitrogen and oxygen atoms in total. The van der Waals surface area contributed by atoms with Crippen LogP contribution in [0.3, 0.4) is 0 Å². The number of hydrogen-bond donors (Lipinski definition) is 1. The first-order valence-electron chi connectivity index (χ1n) is 21.4. The van der Waals surface area contributed by atoms with Gasteiger partial charge in [-0.2, -0.15) is 8.42 Å². The summed E-state index contributed by atoms with van der Waals surface area (Å²) in [7, 11) is -4.98. The summed E-state index contributed by atoms with van der Waals surface area (Å²) < 4.78 is 63.6. The first-order chi connectivity index (χ1) is 29.2. The molecule has 5 rings (SSSR count). The number of likely N-dealkylation sites (tertiary alicyclic amines) is 1. The summed E-state index contributed by atoms with van der Waals surface area (Å²) in [5, 5.41) is 10.9. The second-order valence-corrected chi connectivity index (χ2v) is 23.8. The molecule has 1 aliphatic rings. The Balaban J connectivity index is 1.44. The van der Waals surface area contributed by atoms with Crippen LogP contribution in [0.5, 0.6) is 11.5 Å². The highest BCUT2D eigenvalue weighted by Gasteiger charge is 2.53. The van der Waals surface area contributed by atoms with Crippen molar-refractivity contribution in [3.8, 4) is 11.5 Å². The van der Waals surface area contributed by atoms with E-state index in [1.54, 1.807) is 19.2 Å². The highest BCUT2D eigenvalue weighted by Crippen LogP contribution is 2.47. The summed E-state index contributed by atoms with van der Waals surface area (Å²) in [6, 6.07) is 31.3. The molecule has 0 aliphatic carbocycles. The molecule has 1 heterocycles. The van der Waals surface area contributed by atoms with E-state index in [9.17, 15) is 18.3 Å². The molecule has 332 valence electrons. The Morgan fingerprint density at radius 1 is 0.803 bits per heavy atom. The molecule has 61 heavy (non-hydrogen) atoms. The van der Waals surface area contributed by atoms with E-state index in [1.807, 2.05) is 85.8 Å². The number of aryl methyl sites for hydroxylation is 1. The van der Waals surface area contributed by atoms with Gasteiger partial charge in [0.05, 0.1) is 69.8 Å². The summed E-state index contributed by atoms with van der Waals surface area (Å²) in [6.07, 6.45) is -1.29. The normalized spacial score (nSPS) is 18.5. The molecule has 0 spiro atoms. The highest BCUT2D eigenvalue weighted by molar-refractivity contribution is 7.86. The predicted molar refractivity (Wildman–Crippen MR) is 241 cm³/mol. The SMILES string of the molecule is COc1ccccc1COCCCOc1ccc([C@H]2[C@H](O[Si](C(C)C)(C(C)C)C(C)C)CN(C(=O)O)C(Cc3ccccc3)[C@@H]2OCCOS(=O)(=O)c2ccc(C)cc2)cc1. The predicted octanol–water partition coefficient (Wildman–Crippen LogP) is 10.0. The summed E-state index contributed by atoms with van der Waals surface area (Å²) in [5.74, 6) is 1.07. The van der Waals surface area contributed by atoms with Crippen LogP contribution in [0.2, 0.25) is 16.6 Å². The van der Waals surface area contributed by atoms with Crippen molar-refractivity contribution in [1.29, 1.82) is 0 Å². The van der Waals surface area contributed by atoms with Gasteiger partial charge in [-0.25, -0.2) is 4.79 Å². The Hall–Kier alpha value is -4.24. The fourth-order valence-electron chi connectivity index (χ4n) is 9.02. The number of methoxy groups -OCH3 is 1. The van der Waals surface area contributed by atoms with E-state index in [0.717, 1.165) is 28.0 Å². The van der Waals surface area contributed by atoms with Crippen LogP contribution < -0.4 is 9.47 Å². The van der Waals surface area contributed by atoms with E-state index in [1.165, 1.54) is 17.0 Å².